The number of hydrogen-bond donors (Lipinski definition) is 1. The fourth-order valence-corrected chi connectivity index (χ4v) is 1.31. The van der Waals surface area contributed by atoms with Crippen LogP contribution >= 0.6 is 0 Å². The van der Waals surface area contributed by atoms with Crippen molar-refractivity contribution >= 4 is 0 Å². The van der Waals surface area contributed by atoms with Gasteiger partial charge in [0.2, 0.25) is 0 Å². The Morgan fingerprint density at radius 3 is 2.44 bits per heavy atom. The zero-order valence-corrected chi connectivity index (χ0v) is 8.51. The molecule has 1 rings (SSSR count). The summed E-state index contributed by atoms with van der Waals surface area (Å²) in [5.41, 5.74) is -0.854. The SMILES string of the molecule is CC(CON)c1ccc(C(F)(F)F)c(F)c1. The molecule has 0 amide bonds. The maximum absolute atomic E-state index is 13.2. The van der Waals surface area contributed by atoms with Crippen LogP contribution < -0.4 is 5.90 Å². The van der Waals surface area contributed by atoms with Gasteiger partial charge in [0, 0.05) is 5.92 Å². The fourth-order valence-electron chi connectivity index (χ4n) is 1.31. The Bertz CT molecular complexity index is 364. The van der Waals surface area contributed by atoms with E-state index < -0.39 is 17.6 Å². The van der Waals surface area contributed by atoms with E-state index in [9.17, 15) is 17.6 Å². The molecule has 2 nitrogen and oxygen atoms in total. The maximum Gasteiger partial charge on any atom is 0.419 e. The Kier molecular flexibility index (Phi) is 3.88. The molecule has 0 radical (unpaired) electrons. The summed E-state index contributed by atoms with van der Waals surface area (Å²) < 4.78 is 49.9. The van der Waals surface area contributed by atoms with Crippen LogP contribution in [0.15, 0.2) is 18.2 Å². The first-order valence-electron chi connectivity index (χ1n) is 4.54. The van der Waals surface area contributed by atoms with E-state index in [2.05, 4.69) is 4.84 Å². The second-order valence-corrected chi connectivity index (χ2v) is 3.47. The lowest BCUT2D eigenvalue weighted by molar-refractivity contribution is -0.140. The van der Waals surface area contributed by atoms with Gasteiger partial charge >= 0.3 is 6.18 Å². The molecule has 1 unspecified atom stereocenters. The molecule has 0 fully saturated rings. The van der Waals surface area contributed by atoms with E-state index in [0.29, 0.717) is 5.56 Å². The second kappa shape index (κ2) is 4.80. The quantitative estimate of drug-likeness (QED) is 0.648. The van der Waals surface area contributed by atoms with Gasteiger partial charge in [0.25, 0.3) is 0 Å². The molecule has 16 heavy (non-hydrogen) atoms. The van der Waals surface area contributed by atoms with E-state index in [1.165, 1.54) is 6.07 Å². The standard InChI is InChI=1S/C10H11F4NO/c1-6(5-16-15)7-2-3-8(9(11)4-7)10(12,13)14/h2-4,6H,5,15H2,1H3. The highest BCUT2D eigenvalue weighted by Crippen LogP contribution is 2.32. The summed E-state index contributed by atoms with van der Waals surface area (Å²) in [6.07, 6.45) is -4.67. The Balaban J connectivity index is 3.00. The van der Waals surface area contributed by atoms with Gasteiger partial charge in [0.15, 0.2) is 0 Å². The van der Waals surface area contributed by atoms with Crippen molar-refractivity contribution in [1.82, 2.24) is 0 Å². The van der Waals surface area contributed by atoms with Crippen molar-refractivity contribution in [3.8, 4) is 0 Å². The minimum absolute atomic E-state index is 0.116. The Morgan fingerprint density at radius 2 is 2.00 bits per heavy atom. The molecule has 0 saturated heterocycles. The third-order valence-electron chi connectivity index (χ3n) is 2.21. The van der Waals surface area contributed by atoms with Gasteiger partial charge in [0.1, 0.15) is 5.82 Å². The van der Waals surface area contributed by atoms with Crippen LogP contribution in [0.25, 0.3) is 0 Å². The van der Waals surface area contributed by atoms with Crippen LogP contribution in [0.3, 0.4) is 0 Å². The topological polar surface area (TPSA) is 35.2 Å². The van der Waals surface area contributed by atoms with Gasteiger partial charge in [-0.1, -0.05) is 13.0 Å². The number of benzene rings is 1. The summed E-state index contributed by atoms with van der Waals surface area (Å²) in [5.74, 6) is 3.28. The van der Waals surface area contributed by atoms with Crippen LogP contribution in [-0.4, -0.2) is 6.61 Å². The summed E-state index contributed by atoms with van der Waals surface area (Å²) in [5, 5.41) is 0. The Morgan fingerprint density at radius 1 is 1.38 bits per heavy atom. The van der Waals surface area contributed by atoms with Crippen molar-refractivity contribution in [2.24, 2.45) is 5.90 Å². The van der Waals surface area contributed by atoms with Gasteiger partial charge in [0.05, 0.1) is 12.2 Å². The number of hydrogen-bond acceptors (Lipinski definition) is 2. The highest BCUT2D eigenvalue weighted by atomic mass is 19.4. The minimum Gasteiger partial charge on any atom is -0.304 e. The summed E-state index contributed by atoms with van der Waals surface area (Å²) in [6, 6.07) is 2.79. The van der Waals surface area contributed by atoms with E-state index in [-0.39, 0.29) is 12.5 Å². The van der Waals surface area contributed by atoms with Crippen molar-refractivity contribution in [1.29, 1.82) is 0 Å². The number of rotatable bonds is 3. The highest BCUT2D eigenvalue weighted by molar-refractivity contribution is 5.28. The maximum atomic E-state index is 13.2. The average Bonchev–Trinajstić information content (AvgIpc) is 2.16. The van der Waals surface area contributed by atoms with Crippen LogP contribution in [0.1, 0.15) is 24.0 Å². The molecule has 0 heterocycles. The molecule has 0 spiro atoms. The zero-order chi connectivity index (χ0) is 12.3. The van der Waals surface area contributed by atoms with Crippen LogP contribution in [0.4, 0.5) is 17.6 Å². The van der Waals surface area contributed by atoms with E-state index in [1.807, 2.05) is 0 Å². The average molecular weight is 237 g/mol. The van der Waals surface area contributed by atoms with Crippen LogP contribution in [0.5, 0.6) is 0 Å². The summed E-state index contributed by atoms with van der Waals surface area (Å²) in [7, 11) is 0. The van der Waals surface area contributed by atoms with E-state index >= 15 is 0 Å². The largest absolute Gasteiger partial charge is 0.419 e. The molecule has 1 aromatic rings. The van der Waals surface area contributed by atoms with Gasteiger partial charge in [-0.05, 0) is 17.7 Å². The summed E-state index contributed by atoms with van der Waals surface area (Å²) in [6.45, 7) is 1.79. The van der Waals surface area contributed by atoms with Crippen LogP contribution in [-0.2, 0) is 11.0 Å². The molecule has 0 aromatic heterocycles. The fraction of sp³-hybridized carbons (Fsp3) is 0.400. The second-order valence-electron chi connectivity index (χ2n) is 3.47. The smallest absolute Gasteiger partial charge is 0.304 e. The van der Waals surface area contributed by atoms with Crippen LogP contribution in [0.2, 0.25) is 0 Å². The molecule has 1 aromatic carbocycles. The monoisotopic (exact) mass is 237 g/mol. The van der Waals surface area contributed by atoms with Gasteiger partial charge in [-0.15, -0.1) is 0 Å². The predicted octanol–water partition coefficient (Wildman–Crippen LogP) is 2.84. The lowest BCUT2D eigenvalue weighted by Crippen LogP contribution is -2.11. The zero-order valence-electron chi connectivity index (χ0n) is 8.51. The van der Waals surface area contributed by atoms with Crippen molar-refractivity contribution in [3.05, 3.63) is 35.1 Å². The lowest BCUT2D eigenvalue weighted by atomic mass is 10.00. The van der Waals surface area contributed by atoms with Crippen molar-refractivity contribution < 1.29 is 22.4 Å². The first-order chi connectivity index (χ1) is 7.36. The Labute approximate surface area is 90.0 Å². The normalized spacial score (nSPS) is 13.9. The molecule has 0 aliphatic carbocycles. The first kappa shape index (κ1) is 12.9. The summed E-state index contributed by atoms with van der Waals surface area (Å²) in [4.78, 5) is 4.35. The molecular formula is C10H11F4NO. The Hall–Kier alpha value is -1.14. The molecule has 1 atom stereocenters. The van der Waals surface area contributed by atoms with Gasteiger partial charge in [-0.25, -0.2) is 10.3 Å². The first-order valence-corrected chi connectivity index (χ1v) is 4.54. The van der Waals surface area contributed by atoms with E-state index in [4.69, 9.17) is 5.90 Å². The lowest BCUT2D eigenvalue weighted by Gasteiger charge is -2.13. The molecule has 0 aliphatic heterocycles. The molecule has 6 heteroatoms. The van der Waals surface area contributed by atoms with Gasteiger partial charge in [-0.3, -0.25) is 0 Å². The third-order valence-corrected chi connectivity index (χ3v) is 2.21. The minimum atomic E-state index is -4.67. The number of halogens is 4. The molecule has 2 N–H and O–H groups in total. The third kappa shape index (κ3) is 2.93. The molecule has 0 saturated carbocycles. The van der Waals surface area contributed by atoms with Gasteiger partial charge in [-0.2, -0.15) is 13.2 Å². The number of nitrogens with two attached hydrogens (primary N) is 1. The molecular weight excluding hydrogens is 226 g/mol. The van der Waals surface area contributed by atoms with Gasteiger partial charge < -0.3 is 4.84 Å². The van der Waals surface area contributed by atoms with Crippen molar-refractivity contribution in [2.75, 3.05) is 6.61 Å². The van der Waals surface area contributed by atoms with Crippen molar-refractivity contribution in [3.63, 3.8) is 0 Å². The molecule has 90 valence electrons. The molecule has 0 aliphatic rings. The predicted molar refractivity (Wildman–Crippen MR) is 50.0 cm³/mol. The molecule has 0 bridgehead atoms. The van der Waals surface area contributed by atoms with Crippen LogP contribution in [0, 0.1) is 5.82 Å². The van der Waals surface area contributed by atoms with E-state index in [0.717, 1.165) is 12.1 Å². The summed E-state index contributed by atoms with van der Waals surface area (Å²) >= 11 is 0. The highest BCUT2D eigenvalue weighted by Gasteiger charge is 2.34. The van der Waals surface area contributed by atoms with Crippen molar-refractivity contribution in [2.45, 2.75) is 19.0 Å². The number of alkyl halides is 3. The van der Waals surface area contributed by atoms with E-state index in [1.54, 1.807) is 6.92 Å².